The maximum Gasteiger partial charge on any atom is 0.469 e. The van der Waals surface area contributed by atoms with Crippen LogP contribution in [0.2, 0.25) is 0 Å². The fraction of sp³-hybridized carbons (Fsp3) is 0.762. The summed E-state index contributed by atoms with van der Waals surface area (Å²) in [5.74, 6) is 11.5. The minimum absolute atomic E-state index is 0.258. The molecule has 0 aromatic carbocycles. The van der Waals surface area contributed by atoms with Gasteiger partial charge in [-0.25, -0.2) is 4.57 Å². The molecule has 0 radical (unpaired) electrons. The molecule has 8 heteroatoms. The van der Waals surface area contributed by atoms with Crippen LogP contribution in [-0.2, 0) is 18.6 Å². The van der Waals surface area contributed by atoms with Crippen LogP contribution in [-0.4, -0.2) is 40.2 Å². The third kappa shape index (κ3) is 22.8. The number of carbonyl (C=O) groups excluding carboxylic acids is 1. The quantitative estimate of drug-likeness (QED) is 0.148. The van der Waals surface area contributed by atoms with Gasteiger partial charge in [-0.05, 0) is 31.1 Å². The first-order valence-corrected chi connectivity index (χ1v) is 11.9. The summed E-state index contributed by atoms with van der Waals surface area (Å²) in [6.45, 7) is 1.24. The van der Waals surface area contributed by atoms with Crippen LogP contribution in [0.25, 0.3) is 0 Å². The lowest BCUT2D eigenvalue weighted by Crippen LogP contribution is -2.23. The third-order valence-corrected chi connectivity index (χ3v) is 4.43. The van der Waals surface area contributed by atoms with Gasteiger partial charge in [-0.15, -0.1) is 0 Å². The van der Waals surface area contributed by atoms with E-state index in [-0.39, 0.29) is 13.0 Å². The van der Waals surface area contributed by atoms with Gasteiger partial charge < -0.3 is 19.6 Å². The minimum atomic E-state index is -4.63. The Hall–Kier alpha value is -1.34. The zero-order valence-corrected chi connectivity index (χ0v) is 18.3. The molecule has 0 rings (SSSR count). The lowest BCUT2D eigenvalue weighted by molar-refractivity contribution is -0.147. The SMILES string of the molecule is CCCCCC#CC#CCCCCCCCCC(=O)OCC(O)COP(=O)(O)O. The highest BCUT2D eigenvalue weighted by Crippen LogP contribution is 2.35. The molecule has 0 aromatic rings. The number of rotatable bonds is 16. The smallest absolute Gasteiger partial charge is 0.463 e. The summed E-state index contributed by atoms with van der Waals surface area (Å²) in [5, 5.41) is 9.40. The Morgan fingerprint density at radius 1 is 0.897 bits per heavy atom. The number of aliphatic hydroxyl groups is 1. The molecule has 0 saturated carbocycles. The van der Waals surface area contributed by atoms with E-state index >= 15 is 0 Å². The van der Waals surface area contributed by atoms with Crippen LogP contribution >= 0.6 is 7.82 Å². The van der Waals surface area contributed by atoms with Gasteiger partial charge in [-0.1, -0.05) is 57.3 Å². The van der Waals surface area contributed by atoms with Crippen molar-refractivity contribution in [3.8, 4) is 23.7 Å². The molecule has 0 fully saturated rings. The molecule has 0 aliphatic rings. The summed E-state index contributed by atoms with van der Waals surface area (Å²) in [6.07, 6.45) is 10.3. The normalized spacial score (nSPS) is 11.7. The van der Waals surface area contributed by atoms with Crippen molar-refractivity contribution in [1.29, 1.82) is 0 Å². The molecule has 166 valence electrons. The molecule has 0 spiro atoms. The zero-order chi connectivity index (χ0) is 21.8. The van der Waals surface area contributed by atoms with Gasteiger partial charge in [0.1, 0.15) is 12.7 Å². The summed E-state index contributed by atoms with van der Waals surface area (Å²) in [4.78, 5) is 28.5. The lowest BCUT2D eigenvalue weighted by Gasteiger charge is -2.12. The number of hydrogen-bond donors (Lipinski definition) is 3. The van der Waals surface area contributed by atoms with Crippen molar-refractivity contribution in [2.45, 2.75) is 90.1 Å². The maximum absolute atomic E-state index is 11.5. The van der Waals surface area contributed by atoms with E-state index in [4.69, 9.17) is 14.5 Å². The molecule has 0 heterocycles. The zero-order valence-electron chi connectivity index (χ0n) is 17.4. The van der Waals surface area contributed by atoms with Crippen LogP contribution in [0.1, 0.15) is 84.0 Å². The molecular weight excluding hydrogens is 395 g/mol. The Labute approximate surface area is 174 Å². The Bertz CT molecular complexity index is 592. The molecule has 1 unspecified atom stereocenters. The van der Waals surface area contributed by atoms with Gasteiger partial charge in [0, 0.05) is 19.3 Å². The highest BCUT2D eigenvalue weighted by molar-refractivity contribution is 7.46. The fourth-order valence-corrected chi connectivity index (χ4v) is 2.73. The molecule has 1 atom stereocenters. The molecule has 0 bridgehead atoms. The molecule has 0 aromatic heterocycles. The largest absolute Gasteiger partial charge is 0.469 e. The second kappa shape index (κ2) is 18.7. The third-order valence-electron chi connectivity index (χ3n) is 3.95. The average molecular weight is 430 g/mol. The number of unbranched alkanes of at least 4 members (excludes halogenated alkanes) is 9. The van der Waals surface area contributed by atoms with Crippen molar-refractivity contribution in [2.75, 3.05) is 13.2 Å². The first-order chi connectivity index (χ1) is 13.8. The molecule has 0 aliphatic heterocycles. The highest BCUT2D eigenvalue weighted by Gasteiger charge is 2.17. The molecule has 0 amide bonds. The van der Waals surface area contributed by atoms with Gasteiger partial charge in [0.15, 0.2) is 0 Å². The van der Waals surface area contributed by atoms with Crippen LogP contribution in [0.5, 0.6) is 0 Å². The molecule has 7 nitrogen and oxygen atoms in total. The van der Waals surface area contributed by atoms with Crippen molar-refractivity contribution in [3.05, 3.63) is 0 Å². The van der Waals surface area contributed by atoms with Crippen LogP contribution in [0.3, 0.4) is 0 Å². The first-order valence-electron chi connectivity index (χ1n) is 10.3. The Morgan fingerprint density at radius 2 is 1.45 bits per heavy atom. The maximum atomic E-state index is 11.5. The van der Waals surface area contributed by atoms with Crippen molar-refractivity contribution >= 4 is 13.8 Å². The summed E-state index contributed by atoms with van der Waals surface area (Å²) in [5.41, 5.74) is 0. The summed E-state index contributed by atoms with van der Waals surface area (Å²) in [7, 11) is -4.63. The van der Waals surface area contributed by atoms with E-state index in [1.165, 1.54) is 12.8 Å². The van der Waals surface area contributed by atoms with Crippen LogP contribution in [0.4, 0.5) is 0 Å². The molecule has 3 N–H and O–H groups in total. The van der Waals surface area contributed by atoms with E-state index in [0.717, 1.165) is 51.4 Å². The van der Waals surface area contributed by atoms with Crippen molar-refractivity contribution in [3.63, 3.8) is 0 Å². The predicted molar refractivity (Wildman–Crippen MR) is 112 cm³/mol. The Balaban J connectivity index is 3.48. The van der Waals surface area contributed by atoms with E-state index in [9.17, 15) is 14.5 Å². The average Bonchev–Trinajstić information content (AvgIpc) is 2.67. The van der Waals surface area contributed by atoms with E-state index in [0.29, 0.717) is 6.42 Å². The van der Waals surface area contributed by atoms with Crippen molar-refractivity contribution in [2.24, 2.45) is 0 Å². The van der Waals surface area contributed by atoms with Gasteiger partial charge in [0.05, 0.1) is 6.61 Å². The van der Waals surface area contributed by atoms with E-state index < -0.39 is 26.5 Å². The highest BCUT2D eigenvalue weighted by atomic mass is 31.2. The topological polar surface area (TPSA) is 113 Å². The second-order valence-electron chi connectivity index (χ2n) is 6.81. The number of phosphoric ester groups is 1. The van der Waals surface area contributed by atoms with E-state index in [1.54, 1.807) is 0 Å². The lowest BCUT2D eigenvalue weighted by atomic mass is 10.1. The minimum Gasteiger partial charge on any atom is -0.463 e. The van der Waals surface area contributed by atoms with Crippen LogP contribution in [0.15, 0.2) is 0 Å². The summed E-state index contributed by atoms with van der Waals surface area (Å²) in [6, 6.07) is 0. The molecular formula is C21H35O7P. The number of carbonyl (C=O) groups is 1. The van der Waals surface area contributed by atoms with Crippen LogP contribution < -0.4 is 0 Å². The number of esters is 1. The van der Waals surface area contributed by atoms with Gasteiger partial charge in [0.25, 0.3) is 0 Å². The Morgan fingerprint density at radius 3 is 2.03 bits per heavy atom. The standard InChI is InChI=1S/C21H35O7P/c1-2-3-4-5-6-7-8-9-10-11-12-13-14-15-16-17-21(23)27-18-20(22)19-28-29(24,25)26/h20,22H,2-5,10-19H2,1H3,(H2,24,25,26). The molecule has 0 aliphatic carbocycles. The Kier molecular flexibility index (Phi) is 17.8. The molecule has 0 saturated heterocycles. The van der Waals surface area contributed by atoms with Crippen molar-refractivity contribution in [1.82, 2.24) is 0 Å². The first kappa shape index (κ1) is 27.7. The van der Waals surface area contributed by atoms with Crippen LogP contribution in [0, 0.1) is 23.7 Å². The number of aliphatic hydroxyl groups excluding tert-OH is 1. The van der Waals surface area contributed by atoms with E-state index in [2.05, 4.69) is 35.1 Å². The number of ether oxygens (including phenoxy) is 1. The van der Waals surface area contributed by atoms with Gasteiger partial charge in [-0.3, -0.25) is 9.32 Å². The van der Waals surface area contributed by atoms with Gasteiger partial charge >= 0.3 is 13.8 Å². The monoisotopic (exact) mass is 430 g/mol. The molecule has 29 heavy (non-hydrogen) atoms. The second-order valence-corrected chi connectivity index (χ2v) is 8.04. The number of phosphoric acid groups is 1. The van der Waals surface area contributed by atoms with E-state index in [1.807, 2.05) is 0 Å². The number of hydrogen-bond acceptors (Lipinski definition) is 5. The van der Waals surface area contributed by atoms with Crippen molar-refractivity contribution < 1.29 is 33.5 Å². The van der Waals surface area contributed by atoms with Gasteiger partial charge in [-0.2, -0.15) is 0 Å². The predicted octanol–water partition coefficient (Wildman–Crippen LogP) is 3.71. The summed E-state index contributed by atoms with van der Waals surface area (Å²) < 4.78 is 19.4. The van der Waals surface area contributed by atoms with Gasteiger partial charge in [0.2, 0.25) is 0 Å². The summed E-state index contributed by atoms with van der Waals surface area (Å²) >= 11 is 0. The fourth-order valence-electron chi connectivity index (χ4n) is 2.36.